The highest BCUT2D eigenvalue weighted by atomic mass is 79.9. The van der Waals surface area contributed by atoms with Gasteiger partial charge in [-0.25, -0.2) is 13.4 Å². The smallest absolute Gasteiger partial charge is 0.263 e. The molecule has 0 unspecified atom stereocenters. The predicted octanol–water partition coefficient (Wildman–Crippen LogP) is 3.30. The van der Waals surface area contributed by atoms with Crippen LogP contribution in [0.3, 0.4) is 0 Å². The van der Waals surface area contributed by atoms with E-state index in [4.69, 9.17) is 11.6 Å². The topological polar surface area (TPSA) is 59.1 Å². The van der Waals surface area contributed by atoms with Crippen LogP contribution in [0.5, 0.6) is 0 Å². The number of nitrogens with zero attached hydrogens (tertiary/aromatic N) is 1. The normalized spacial score (nSPS) is 11.2. The number of halogens is 2. The van der Waals surface area contributed by atoms with Crippen LogP contribution in [0.2, 0.25) is 5.15 Å². The number of nitrogens with one attached hydrogen (secondary N) is 1. The summed E-state index contributed by atoms with van der Waals surface area (Å²) in [5, 5.41) is 0.247. The first-order chi connectivity index (χ1) is 8.47. The second-order valence-corrected chi connectivity index (χ2v) is 6.42. The maximum atomic E-state index is 12.0. The minimum atomic E-state index is -3.64. The number of sulfonamides is 1. The zero-order chi connectivity index (χ0) is 13.2. The van der Waals surface area contributed by atoms with Gasteiger partial charge >= 0.3 is 0 Å². The number of benzene rings is 1. The van der Waals surface area contributed by atoms with Crippen molar-refractivity contribution in [1.82, 2.24) is 4.98 Å². The van der Waals surface area contributed by atoms with E-state index in [0.29, 0.717) is 5.69 Å². The molecule has 1 aromatic heterocycles. The molecule has 0 aliphatic carbocycles. The molecule has 0 spiro atoms. The summed E-state index contributed by atoms with van der Waals surface area (Å²) >= 11 is 8.88. The number of hydrogen-bond donors (Lipinski definition) is 1. The zero-order valence-corrected chi connectivity index (χ0v) is 12.1. The Balaban J connectivity index is 2.30. The standard InChI is InChI=1S/C11H8BrClN2O2S/c12-8-2-1-3-9(6-8)15-18(16,17)10-4-5-11(13)14-7-10/h1-7,15H. The molecule has 2 aromatic rings. The fourth-order valence-electron chi connectivity index (χ4n) is 1.29. The first kappa shape index (κ1) is 13.3. The largest absolute Gasteiger partial charge is 0.280 e. The molecule has 18 heavy (non-hydrogen) atoms. The number of hydrogen-bond acceptors (Lipinski definition) is 3. The number of aromatic nitrogens is 1. The molecular formula is C11H8BrClN2O2S. The Hall–Kier alpha value is -1.11. The van der Waals surface area contributed by atoms with Gasteiger partial charge in [0, 0.05) is 16.4 Å². The minimum Gasteiger partial charge on any atom is -0.280 e. The van der Waals surface area contributed by atoms with E-state index < -0.39 is 10.0 Å². The van der Waals surface area contributed by atoms with Crippen LogP contribution < -0.4 is 4.72 Å². The zero-order valence-electron chi connectivity index (χ0n) is 8.97. The third kappa shape index (κ3) is 3.22. The summed E-state index contributed by atoms with van der Waals surface area (Å²) < 4.78 is 27.3. The highest BCUT2D eigenvalue weighted by molar-refractivity contribution is 9.10. The van der Waals surface area contributed by atoms with E-state index in [9.17, 15) is 8.42 Å². The van der Waals surface area contributed by atoms with Crippen molar-refractivity contribution in [3.63, 3.8) is 0 Å². The predicted molar refractivity (Wildman–Crippen MR) is 74.2 cm³/mol. The molecule has 0 radical (unpaired) electrons. The molecule has 0 saturated carbocycles. The fraction of sp³-hybridized carbons (Fsp3) is 0. The van der Waals surface area contributed by atoms with Crippen molar-refractivity contribution in [3.8, 4) is 0 Å². The Morgan fingerprint density at radius 3 is 2.61 bits per heavy atom. The third-order valence-corrected chi connectivity index (χ3v) is 4.17. The van der Waals surface area contributed by atoms with Gasteiger partial charge < -0.3 is 0 Å². The van der Waals surface area contributed by atoms with Crippen molar-refractivity contribution in [2.75, 3.05) is 4.72 Å². The second kappa shape index (κ2) is 5.26. The van der Waals surface area contributed by atoms with Crippen LogP contribution >= 0.6 is 27.5 Å². The van der Waals surface area contributed by atoms with Crippen molar-refractivity contribution in [3.05, 3.63) is 52.2 Å². The molecular weight excluding hydrogens is 340 g/mol. The molecule has 0 amide bonds. The molecule has 0 bridgehead atoms. The van der Waals surface area contributed by atoms with Crippen molar-refractivity contribution in [2.24, 2.45) is 0 Å². The molecule has 0 aliphatic heterocycles. The summed E-state index contributed by atoms with van der Waals surface area (Å²) in [6, 6.07) is 9.70. The molecule has 0 fully saturated rings. The summed E-state index contributed by atoms with van der Waals surface area (Å²) in [5.41, 5.74) is 0.472. The average molecular weight is 348 g/mol. The minimum absolute atomic E-state index is 0.0619. The van der Waals surface area contributed by atoms with Gasteiger partial charge in [0.05, 0.1) is 0 Å². The van der Waals surface area contributed by atoms with Gasteiger partial charge in [0.15, 0.2) is 0 Å². The van der Waals surface area contributed by atoms with Gasteiger partial charge in [0.1, 0.15) is 10.0 Å². The van der Waals surface area contributed by atoms with Crippen molar-refractivity contribution in [2.45, 2.75) is 4.90 Å². The van der Waals surface area contributed by atoms with Gasteiger partial charge in [0.2, 0.25) is 0 Å². The lowest BCUT2D eigenvalue weighted by atomic mass is 10.3. The quantitative estimate of drug-likeness (QED) is 0.867. The SMILES string of the molecule is O=S(=O)(Nc1cccc(Br)c1)c1ccc(Cl)nc1. The average Bonchev–Trinajstić information content (AvgIpc) is 2.29. The summed E-state index contributed by atoms with van der Waals surface area (Å²) in [7, 11) is -3.64. The Labute approximate surface area is 118 Å². The first-order valence-electron chi connectivity index (χ1n) is 4.87. The van der Waals surface area contributed by atoms with Crippen LogP contribution in [0, 0.1) is 0 Å². The van der Waals surface area contributed by atoms with Gasteiger partial charge in [-0.15, -0.1) is 0 Å². The van der Waals surface area contributed by atoms with Gasteiger partial charge in [0.25, 0.3) is 10.0 Å². The molecule has 0 atom stereocenters. The van der Waals surface area contributed by atoms with Gasteiger partial charge in [-0.1, -0.05) is 33.6 Å². The number of anilines is 1. The van der Waals surface area contributed by atoms with Gasteiger partial charge in [-0.3, -0.25) is 4.72 Å². The van der Waals surface area contributed by atoms with Crippen LogP contribution in [0.15, 0.2) is 52.0 Å². The number of rotatable bonds is 3. The van der Waals surface area contributed by atoms with Crippen LogP contribution in [0.4, 0.5) is 5.69 Å². The van der Waals surface area contributed by atoms with Crippen LogP contribution in [-0.4, -0.2) is 13.4 Å². The van der Waals surface area contributed by atoms with Crippen LogP contribution in [0.25, 0.3) is 0 Å². The van der Waals surface area contributed by atoms with Crippen molar-refractivity contribution in [1.29, 1.82) is 0 Å². The van der Waals surface area contributed by atoms with Crippen molar-refractivity contribution >= 4 is 43.2 Å². The van der Waals surface area contributed by atoms with E-state index >= 15 is 0 Å². The maximum Gasteiger partial charge on any atom is 0.263 e. The van der Waals surface area contributed by atoms with E-state index in [1.165, 1.54) is 18.3 Å². The lowest BCUT2D eigenvalue weighted by Gasteiger charge is -2.07. The summed E-state index contributed by atoms with van der Waals surface area (Å²) in [6.45, 7) is 0. The van der Waals surface area contributed by atoms with E-state index in [1.54, 1.807) is 18.2 Å². The summed E-state index contributed by atoms with van der Waals surface area (Å²) in [4.78, 5) is 3.80. The lowest BCUT2D eigenvalue weighted by molar-refractivity contribution is 0.601. The van der Waals surface area contributed by atoms with Crippen LogP contribution in [-0.2, 0) is 10.0 Å². The molecule has 0 saturated heterocycles. The molecule has 0 aliphatic rings. The second-order valence-electron chi connectivity index (χ2n) is 3.43. The Bertz CT molecular complexity index is 659. The maximum absolute atomic E-state index is 12.0. The van der Waals surface area contributed by atoms with Crippen molar-refractivity contribution < 1.29 is 8.42 Å². The molecule has 7 heteroatoms. The Kier molecular flexibility index (Phi) is 3.89. The molecule has 1 aromatic carbocycles. The van der Waals surface area contributed by atoms with E-state index in [-0.39, 0.29) is 10.0 Å². The Morgan fingerprint density at radius 1 is 1.22 bits per heavy atom. The van der Waals surface area contributed by atoms with E-state index in [1.807, 2.05) is 6.07 Å². The molecule has 2 rings (SSSR count). The molecule has 1 heterocycles. The molecule has 1 N–H and O–H groups in total. The molecule has 94 valence electrons. The van der Waals surface area contributed by atoms with Crippen LogP contribution in [0.1, 0.15) is 0 Å². The summed E-state index contributed by atoms with van der Waals surface area (Å²) in [6.07, 6.45) is 1.21. The van der Waals surface area contributed by atoms with Gasteiger partial charge in [-0.05, 0) is 30.3 Å². The fourth-order valence-corrected chi connectivity index (χ4v) is 2.79. The molecule has 4 nitrogen and oxygen atoms in total. The monoisotopic (exact) mass is 346 g/mol. The lowest BCUT2D eigenvalue weighted by Crippen LogP contribution is -2.13. The van der Waals surface area contributed by atoms with Gasteiger partial charge in [-0.2, -0.15) is 0 Å². The van der Waals surface area contributed by atoms with E-state index in [2.05, 4.69) is 25.6 Å². The van der Waals surface area contributed by atoms with E-state index in [0.717, 1.165) is 4.47 Å². The Morgan fingerprint density at radius 2 is 2.00 bits per heavy atom. The highest BCUT2D eigenvalue weighted by Gasteiger charge is 2.14. The third-order valence-electron chi connectivity index (χ3n) is 2.09. The highest BCUT2D eigenvalue weighted by Crippen LogP contribution is 2.19. The number of pyridine rings is 1. The summed E-state index contributed by atoms with van der Waals surface area (Å²) in [5.74, 6) is 0. The first-order valence-corrected chi connectivity index (χ1v) is 7.53.